The Morgan fingerprint density at radius 1 is 1.53 bits per heavy atom. The summed E-state index contributed by atoms with van der Waals surface area (Å²) < 4.78 is 0. The van der Waals surface area contributed by atoms with Gasteiger partial charge in [0.2, 0.25) is 0 Å². The molecule has 0 aliphatic rings. The highest BCUT2D eigenvalue weighted by Gasteiger charge is 2.09. The molecule has 1 heterocycles. The Labute approximate surface area is 96.5 Å². The van der Waals surface area contributed by atoms with Crippen LogP contribution < -0.4 is 5.32 Å². The number of nitrogens with one attached hydrogen (secondary N) is 1. The molecule has 1 aromatic heterocycles. The Hall–Kier alpha value is -0.450. The number of thiazole rings is 1. The van der Waals surface area contributed by atoms with Crippen LogP contribution in [0.4, 0.5) is 0 Å². The van der Waals surface area contributed by atoms with Crippen LogP contribution in [-0.4, -0.2) is 43.1 Å². The van der Waals surface area contributed by atoms with E-state index in [2.05, 4.69) is 36.2 Å². The van der Waals surface area contributed by atoms with Crippen LogP contribution >= 0.6 is 11.3 Å². The summed E-state index contributed by atoms with van der Waals surface area (Å²) in [4.78, 5) is 7.72. The highest BCUT2D eigenvalue weighted by atomic mass is 32.1. The van der Waals surface area contributed by atoms with Gasteiger partial charge in [0.1, 0.15) is 0 Å². The van der Waals surface area contributed by atoms with Crippen molar-refractivity contribution in [1.82, 2.24) is 15.2 Å². The lowest BCUT2D eigenvalue weighted by molar-refractivity contribution is 0.359. The topological polar surface area (TPSA) is 28.2 Å². The van der Waals surface area contributed by atoms with Crippen LogP contribution in [0.1, 0.15) is 18.2 Å². The summed E-state index contributed by atoms with van der Waals surface area (Å²) >= 11 is 1.75. The minimum absolute atomic E-state index is 0.581. The van der Waals surface area contributed by atoms with Crippen LogP contribution in [0.2, 0.25) is 0 Å². The highest BCUT2D eigenvalue weighted by molar-refractivity contribution is 7.09. The first-order valence-electron chi connectivity index (χ1n) is 5.47. The van der Waals surface area contributed by atoms with E-state index in [1.54, 1.807) is 11.3 Å². The van der Waals surface area contributed by atoms with E-state index in [0.717, 1.165) is 19.5 Å². The lowest BCUT2D eigenvalue weighted by atomic mass is 10.1. The van der Waals surface area contributed by atoms with Gasteiger partial charge in [-0.15, -0.1) is 11.3 Å². The van der Waals surface area contributed by atoms with E-state index in [0.29, 0.717) is 6.04 Å². The van der Waals surface area contributed by atoms with Crippen molar-refractivity contribution in [1.29, 1.82) is 0 Å². The van der Waals surface area contributed by atoms with Crippen LogP contribution in [0.15, 0.2) is 11.7 Å². The van der Waals surface area contributed by atoms with E-state index < -0.39 is 0 Å². The second kappa shape index (κ2) is 6.93. The number of aromatic nitrogens is 1. The van der Waals surface area contributed by atoms with Crippen molar-refractivity contribution in [3.8, 4) is 0 Å². The quantitative estimate of drug-likeness (QED) is 0.767. The van der Waals surface area contributed by atoms with Crippen LogP contribution in [0.25, 0.3) is 0 Å². The van der Waals surface area contributed by atoms with Gasteiger partial charge < -0.3 is 10.2 Å². The van der Waals surface area contributed by atoms with Crippen molar-refractivity contribution in [2.24, 2.45) is 0 Å². The van der Waals surface area contributed by atoms with E-state index in [1.807, 2.05) is 11.7 Å². The zero-order valence-corrected chi connectivity index (χ0v) is 10.7. The summed E-state index contributed by atoms with van der Waals surface area (Å²) in [5.41, 5.74) is 1.91. The Balaban J connectivity index is 2.36. The number of hydrogen-bond donors (Lipinski definition) is 1. The monoisotopic (exact) mass is 227 g/mol. The molecule has 0 fully saturated rings. The molecule has 4 heteroatoms. The second-order valence-corrected chi connectivity index (χ2v) is 4.99. The molecule has 0 aromatic carbocycles. The van der Waals surface area contributed by atoms with Crippen molar-refractivity contribution in [3.63, 3.8) is 0 Å². The highest BCUT2D eigenvalue weighted by Crippen LogP contribution is 2.10. The van der Waals surface area contributed by atoms with Gasteiger partial charge in [-0.1, -0.05) is 6.92 Å². The Bertz CT molecular complexity index is 246. The van der Waals surface area contributed by atoms with Gasteiger partial charge in [0.15, 0.2) is 0 Å². The lowest BCUT2D eigenvalue weighted by Crippen LogP contribution is -2.33. The van der Waals surface area contributed by atoms with Gasteiger partial charge in [-0.3, -0.25) is 4.98 Å². The largest absolute Gasteiger partial charge is 0.314 e. The molecule has 86 valence electrons. The van der Waals surface area contributed by atoms with Crippen molar-refractivity contribution in [2.45, 2.75) is 25.8 Å². The average Bonchev–Trinajstić information content (AvgIpc) is 2.67. The molecule has 0 bridgehead atoms. The normalized spacial score (nSPS) is 13.3. The predicted octanol–water partition coefficient (Wildman–Crippen LogP) is 1.62. The molecule has 0 spiro atoms. The molecule has 0 amide bonds. The van der Waals surface area contributed by atoms with E-state index >= 15 is 0 Å². The Morgan fingerprint density at radius 2 is 2.33 bits per heavy atom. The summed E-state index contributed by atoms with van der Waals surface area (Å²) in [5.74, 6) is 0. The molecule has 0 aliphatic carbocycles. The van der Waals surface area contributed by atoms with E-state index in [9.17, 15) is 0 Å². The fourth-order valence-electron chi connectivity index (χ4n) is 1.56. The predicted molar refractivity (Wildman–Crippen MR) is 66.5 cm³/mol. The van der Waals surface area contributed by atoms with E-state index in [4.69, 9.17) is 0 Å². The van der Waals surface area contributed by atoms with E-state index in [1.165, 1.54) is 11.3 Å². The van der Waals surface area contributed by atoms with Gasteiger partial charge in [0.05, 0.1) is 5.51 Å². The van der Waals surface area contributed by atoms with Crippen molar-refractivity contribution < 1.29 is 0 Å². The maximum Gasteiger partial charge on any atom is 0.0794 e. The maximum absolute atomic E-state index is 4.11. The summed E-state index contributed by atoms with van der Waals surface area (Å²) in [7, 11) is 4.24. The van der Waals surface area contributed by atoms with E-state index in [-0.39, 0.29) is 0 Å². The zero-order valence-electron chi connectivity index (χ0n) is 9.86. The molecule has 0 saturated heterocycles. The third-order valence-electron chi connectivity index (χ3n) is 2.35. The van der Waals surface area contributed by atoms with Crippen molar-refractivity contribution in [2.75, 3.05) is 27.2 Å². The second-order valence-electron chi connectivity index (χ2n) is 4.02. The molecular formula is C11H21N3S. The Morgan fingerprint density at radius 3 is 2.87 bits per heavy atom. The minimum atomic E-state index is 0.581. The lowest BCUT2D eigenvalue weighted by Gasteiger charge is -2.19. The summed E-state index contributed by atoms with van der Waals surface area (Å²) in [6.07, 6.45) is 4.27. The minimum Gasteiger partial charge on any atom is -0.314 e. The fraction of sp³-hybridized carbons (Fsp3) is 0.727. The van der Waals surface area contributed by atoms with Crippen LogP contribution in [0.3, 0.4) is 0 Å². The molecule has 0 radical (unpaired) electrons. The molecule has 0 aliphatic heterocycles. The van der Waals surface area contributed by atoms with Crippen molar-refractivity contribution >= 4 is 11.3 Å². The summed E-state index contributed by atoms with van der Waals surface area (Å²) in [6, 6.07) is 0.581. The zero-order chi connectivity index (χ0) is 11.1. The van der Waals surface area contributed by atoms with Gasteiger partial charge in [0, 0.05) is 17.1 Å². The molecule has 1 atom stereocenters. The molecule has 1 aromatic rings. The summed E-state index contributed by atoms with van der Waals surface area (Å²) in [5, 5.41) is 3.53. The molecule has 1 unspecified atom stereocenters. The SMILES string of the molecule is CCNC(CCN(C)C)Cc1cncs1. The smallest absolute Gasteiger partial charge is 0.0794 e. The third kappa shape index (κ3) is 5.25. The molecule has 0 saturated carbocycles. The molecule has 1 N–H and O–H groups in total. The van der Waals surface area contributed by atoms with Crippen LogP contribution in [0.5, 0.6) is 0 Å². The fourth-order valence-corrected chi connectivity index (χ4v) is 2.24. The first-order valence-corrected chi connectivity index (χ1v) is 6.35. The van der Waals surface area contributed by atoms with Crippen LogP contribution in [0, 0.1) is 0 Å². The van der Waals surface area contributed by atoms with Gasteiger partial charge in [-0.25, -0.2) is 0 Å². The van der Waals surface area contributed by atoms with Crippen molar-refractivity contribution in [3.05, 3.63) is 16.6 Å². The first-order chi connectivity index (χ1) is 7.22. The standard InChI is InChI=1S/C11H21N3S/c1-4-13-10(5-6-14(2)3)7-11-8-12-9-15-11/h8-10,13H,4-7H2,1-3H3. The number of likely N-dealkylation sites (N-methyl/N-ethyl adjacent to an activating group) is 1. The van der Waals surface area contributed by atoms with Gasteiger partial charge in [-0.2, -0.15) is 0 Å². The molecule has 3 nitrogen and oxygen atoms in total. The molecule has 1 rings (SSSR count). The maximum atomic E-state index is 4.11. The number of rotatable bonds is 7. The van der Waals surface area contributed by atoms with Gasteiger partial charge in [0.25, 0.3) is 0 Å². The number of nitrogens with zero attached hydrogens (tertiary/aromatic N) is 2. The molecular weight excluding hydrogens is 206 g/mol. The number of hydrogen-bond acceptors (Lipinski definition) is 4. The third-order valence-corrected chi connectivity index (χ3v) is 3.15. The van der Waals surface area contributed by atoms with Gasteiger partial charge >= 0.3 is 0 Å². The van der Waals surface area contributed by atoms with Gasteiger partial charge in [-0.05, 0) is 40.0 Å². The van der Waals surface area contributed by atoms with Crippen LogP contribution in [-0.2, 0) is 6.42 Å². The molecule has 15 heavy (non-hydrogen) atoms. The first kappa shape index (κ1) is 12.6. The Kier molecular flexibility index (Phi) is 5.83. The average molecular weight is 227 g/mol. The summed E-state index contributed by atoms with van der Waals surface area (Å²) in [6.45, 7) is 4.34.